The van der Waals surface area contributed by atoms with Crippen LogP contribution in [-0.2, 0) is 17.1 Å². The molecule has 1 aromatic heterocycles. The van der Waals surface area contributed by atoms with E-state index in [2.05, 4.69) is 34.3 Å². The first-order valence-electron chi connectivity index (χ1n) is 10.6. The minimum atomic E-state index is -0.000814. The average Bonchev–Trinajstić information content (AvgIpc) is 3.47. The number of amides is 1. The third-order valence-corrected chi connectivity index (χ3v) is 7.50. The summed E-state index contributed by atoms with van der Waals surface area (Å²) in [7, 11) is 0. The number of para-hydroxylation sites is 2. The van der Waals surface area contributed by atoms with Crippen LogP contribution in [0.15, 0.2) is 70.7 Å². The second kappa shape index (κ2) is 9.80. The van der Waals surface area contributed by atoms with E-state index in [-0.39, 0.29) is 12.7 Å². The normalized spacial score (nSPS) is 12.3. The number of H-pyrrole nitrogens is 1. The largest absolute Gasteiger partial charge is 0.454 e. The van der Waals surface area contributed by atoms with Gasteiger partial charge in [0.2, 0.25) is 12.7 Å². The SMILES string of the molecule is Cc1c(CSc2nc3ccccc3[nH]2)cccc1SCC(=O)NCc1ccc2c(c1)OCO2. The highest BCUT2D eigenvalue weighted by molar-refractivity contribution is 8.00. The van der Waals surface area contributed by atoms with Gasteiger partial charge in [-0.25, -0.2) is 4.98 Å². The van der Waals surface area contributed by atoms with Crippen LogP contribution < -0.4 is 14.8 Å². The molecule has 33 heavy (non-hydrogen) atoms. The zero-order valence-corrected chi connectivity index (χ0v) is 19.7. The van der Waals surface area contributed by atoms with E-state index in [0.29, 0.717) is 12.3 Å². The Hall–Kier alpha value is -3.10. The zero-order valence-electron chi connectivity index (χ0n) is 18.1. The topological polar surface area (TPSA) is 76.2 Å². The Morgan fingerprint density at radius 2 is 1.94 bits per heavy atom. The van der Waals surface area contributed by atoms with Crippen molar-refractivity contribution in [1.29, 1.82) is 0 Å². The minimum absolute atomic E-state index is 0.000814. The highest BCUT2D eigenvalue weighted by Crippen LogP contribution is 2.32. The molecule has 0 spiro atoms. The molecule has 8 heteroatoms. The molecule has 2 N–H and O–H groups in total. The van der Waals surface area contributed by atoms with Gasteiger partial charge in [-0.15, -0.1) is 11.8 Å². The Balaban J connectivity index is 1.14. The number of fused-ring (bicyclic) bond motifs is 2. The van der Waals surface area contributed by atoms with Gasteiger partial charge in [-0.2, -0.15) is 0 Å². The number of rotatable bonds is 8. The Morgan fingerprint density at radius 3 is 2.85 bits per heavy atom. The highest BCUT2D eigenvalue weighted by atomic mass is 32.2. The third-order valence-electron chi connectivity index (χ3n) is 5.41. The van der Waals surface area contributed by atoms with E-state index in [9.17, 15) is 4.79 Å². The number of benzene rings is 3. The van der Waals surface area contributed by atoms with Gasteiger partial charge in [-0.3, -0.25) is 4.79 Å². The van der Waals surface area contributed by atoms with Crippen molar-refractivity contribution < 1.29 is 14.3 Å². The van der Waals surface area contributed by atoms with Crippen molar-refractivity contribution >= 4 is 40.5 Å². The van der Waals surface area contributed by atoms with Crippen LogP contribution in [0.5, 0.6) is 11.5 Å². The Morgan fingerprint density at radius 1 is 1.06 bits per heavy atom. The predicted octanol–water partition coefficient (Wildman–Crippen LogP) is 5.30. The molecule has 2 heterocycles. The van der Waals surface area contributed by atoms with Gasteiger partial charge in [0, 0.05) is 17.2 Å². The van der Waals surface area contributed by atoms with Crippen molar-refractivity contribution in [2.45, 2.75) is 29.3 Å². The predicted molar refractivity (Wildman–Crippen MR) is 132 cm³/mol. The number of aromatic amines is 1. The molecule has 0 atom stereocenters. The molecule has 1 aliphatic rings. The van der Waals surface area contributed by atoms with Crippen LogP contribution in [0.4, 0.5) is 0 Å². The first-order valence-corrected chi connectivity index (χ1v) is 12.6. The zero-order chi connectivity index (χ0) is 22.6. The fourth-order valence-corrected chi connectivity index (χ4v) is 5.42. The molecule has 1 aliphatic heterocycles. The summed E-state index contributed by atoms with van der Waals surface area (Å²) in [6, 6.07) is 20.0. The molecule has 0 radical (unpaired) electrons. The first kappa shape index (κ1) is 21.7. The number of carbonyl (C=O) groups excluding carboxylic acids is 1. The lowest BCUT2D eigenvalue weighted by atomic mass is 10.1. The van der Waals surface area contributed by atoms with Crippen LogP contribution in [0.2, 0.25) is 0 Å². The van der Waals surface area contributed by atoms with Gasteiger partial charge in [0.25, 0.3) is 0 Å². The summed E-state index contributed by atoms with van der Waals surface area (Å²) in [4.78, 5) is 21.5. The van der Waals surface area contributed by atoms with Crippen LogP contribution in [-0.4, -0.2) is 28.4 Å². The van der Waals surface area contributed by atoms with Crippen molar-refractivity contribution in [3.8, 4) is 11.5 Å². The van der Waals surface area contributed by atoms with Gasteiger partial charge >= 0.3 is 0 Å². The quantitative estimate of drug-likeness (QED) is 0.335. The van der Waals surface area contributed by atoms with E-state index in [1.165, 1.54) is 11.1 Å². The summed E-state index contributed by atoms with van der Waals surface area (Å²) < 4.78 is 10.7. The van der Waals surface area contributed by atoms with E-state index < -0.39 is 0 Å². The number of nitrogens with zero attached hydrogens (tertiary/aromatic N) is 1. The highest BCUT2D eigenvalue weighted by Gasteiger charge is 2.14. The number of hydrogen-bond donors (Lipinski definition) is 2. The van der Waals surface area contributed by atoms with Crippen molar-refractivity contribution in [2.75, 3.05) is 12.5 Å². The summed E-state index contributed by atoms with van der Waals surface area (Å²) in [5.74, 6) is 2.65. The molecule has 5 rings (SSSR count). The van der Waals surface area contributed by atoms with Crippen LogP contribution in [0.25, 0.3) is 11.0 Å². The lowest BCUT2D eigenvalue weighted by Crippen LogP contribution is -2.24. The second-order valence-corrected chi connectivity index (χ2v) is 9.62. The van der Waals surface area contributed by atoms with Crippen molar-refractivity contribution in [3.63, 3.8) is 0 Å². The Labute approximate surface area is 200 Å². The van der Waals surface area contributed by atoms with Gasteiger partial charge in [-0.05, 0) is 53.9 Å². The Kier molecular flexibility index (Phi) is 6.46. The standard InChI is InChI=1S/C25H23N3O3S2/c1-16-18(13-33-25-27-19-6-2-3-7-20(19)28-25)5-4-8-23(16)32-14-24(29)26-12-17-9-10-21-22(11-17)31-15-30-21/h2-11H,12-15H2,1H3,(H,26,29)(H,27,28). The maximum absolute atomic E-state index is 12.4. The van der Waals surface area contributed by atoms with E-state index in [1.807, 2.05) is 48.5 Å². The van der Waals surface area contributed by atoms with Crippen molar-refractivity contribution in [3.05, 3.63) is 77.4 Å². The molecule has 4 aromatic rings. The van der Waals surface area contributed by atoms with Gasteiger partial charge in [0.15, 0.2) is 16.7 Å². The number of nitrogens with one attached hydrogen (secondary N) is 2. The summed E-state index contributed by atoms with van der Waals surface area (Å²) in [6.07, 6.45) is 0. The molecule has 0 fully saturated rings. The summed E-state index contributed by atoms with van der Waals surface area (Å²) in [5.41, 5.74) is 5.46. The fourth-order valence-electron chi connectivity index (χ4n) is 3.56. The molecule has 0 bridgehead atoms. The maximum Gasteiger partial charge on any atom is 0.231 e. The molecule has 0 saturated carbocycles. The van der Waals surface area contributed by atoms with E-state index in [0.717, 1.165) is 43.9 Å². The molecule has 3 aromatic carbocycles. The summed E-state index contributed by atoms with van der Waals surface area (Å²) in [6.45, 7) is 2.82. The van der Waals surface area contributed by atoms with Crippen LogP contribution in [0.1, 0.15) is 16.7 Å². The smallest absolute Gasteiger partial charge is 0.231 e. The van der Waals surface area contributed by atoms with Gasteiger partial charge in [0.05, 0.1) is 16.8 Å². The molecule has 0 aliphatic carbocycles. The molecule has 0 unspecified atom stereocenters. The molecular formula is C25H23N3O3S2. The number of carbonyl (C=O) groups is 1. The number of aromatic nitrogens is 2. The third kappa shape index (κ3) is 5.12. The van der Waals surface area contributed by atoms with E-state index in [1.54, 1.807) is 23.5 Å². The van der Waals surface area contributed by atoms with Gasteiger partial charge in [0.1, 0.15) is 0 Å². The van der Waals surface area contributed by atoms with Crippen LogP contribution in [0, 0.1) is 6.92 Å². The molecular weight excluding hydrogens is 454 g/mol. The lowest BCUT2D eigenvalue weighted by molar-refractivity contribution is -0.118. The fraction of sp³-hybridized carbons (Fsp3) is 0.200. The lowest BCUT2D eigenvalue weighted by Gasteiger charge is -2.11. The van der Waals surface area contributed by atoms with Crippen molar-refractivity contribution in [1.82, 2.24) is 15.3 Å². The molecule has 168 valence electrons. The van der Waals surface area contributed by atoms with Crippen LogP contribution >= 0.6 is 23.5 Å². The molecule has 6 nitrogen and oxygen atoms in total. The van der Waals surface area contributed by atoms with Gasteiger partial charge < -0.3 is 19.8 Å². The Bertz CT molecular complexity index is 1270. The number of hydrogen-bond acceptors (Lipinski definition) is 6. The molecule has 1 amide bonds. The average molecular weight is 478 g/mol. The van der Waals surface area contributed by atoms with Gasteiger partial charge in [-0.1, -0.05) is 42.1 Å². The first-order chi connectivity index (χ1) is 16.2. The van der Waals surface area contributed by atoms with Crippen LogP contribution in [0.3, 0.4) is 0 Å². The van der Waals surface area contributed by atoms with E-state index in [4.69, 9.17) is 9.47 Å². The number of thioether (sulfide) groups is 2. The van der Waals surface area contributed by atoms with E-state index >= 15 is 0 Å². The summed E-state index contributed by atoms with van der Waals surface area (Å²) >= 11 is 3.25. The second-order valence-electron chi connectivity index (χ2n) is 7.64. The summed E-state index contributed by atoms with van der Waals surface area (Å²) in [5, 5.41) is 3.89. The monoisotopic (exact) mass is 477 g/mol. The number of imidazole rings is 1. The molecule has 0 saturated heterocycles. The minimum Gasteiger partial charge on any atom is -0.454 e. The number of ether oxygens (including phenoxy) is 2. The maximum atomic E-state index is 12.4. The van der Waals surface area contributed by atoms with Crippen molar-refractivity contribution in [2.24, 2.45) is 0 Å².